The number of hydrogen-bond donors (Lipinski definition) is 1. The molecule has 3 rings (SSSR count). The Bertz CT molecular complexity index is 1040. The van der Waals surface area contributed by atoms with Crippen LogP contribution in [0.3, 0.4) is 0 Å². The third-order valence-electron chi connectivity index (χ3n) is 3.52. The van der Waals surface area contributed by atoms with E-state index in [1.807, 2.05) is 0 Å². The lowest BCUT2D eigenvalue weighted by atomic mass is 10.2. The lowest BCUT2D eigenvalue weighted by molar-refractivity contribution is -0.132. The average Bonchev–Trinajstić information content (AvgIpc) is 3.07. The molecule has 1 N–H and O–H groups in total. The first kappa shape index (κ1) is 20.1. The second-order valence-electron chi connectivity index (χ2n) is 5.58. The van der Waals surface area contributed by atoms with Crippen molar-refractivity contribution in [2.45, 2.75) is 6.92 Å². The van der Waals surface area contributed by atoms with E-state index in [1.54, 1.807) is 42.5 Å². The van der Waals surface area contributed by atoms with Crippen molar-refractivity contribution < 1.29 is 14.3 Å². The summed E-state index contributed by atoms with van der Waals surface area (Å²) in [7, 11) is 0. The van der Waals surface area contributed by atoms with Gasteiger partial charge in [-0.1, -0.05) is 23.2 Å². The molecule has 1 aromatic heterocycles. The highest BCUT2D eigenvalue weighted by atomic mass is 35.5. The smallest absolute Gasteiger partial charge is 0.344 e. The molecule has 0 aliphatic heterocycles. The van der Waals surface area contributed by atoms with E-state index in [2.05, 4.69) is 15.4 Å². The van der Waals surface area contributed by atoms with E-state index >= 15 is 0 Å². The van der Waals surface area contributed by atoms with Crippen LogP contribution >= 0.6 is 34.8 Å². The number of amides is 1. The van der Waals surface area contributed by atoms with Crippen LogP contribution in [0.2, 0.25) is 10.0 Å². The Balaban J connectivity index is 2.03. The highest BCUT2D eigenvalue weighted by Crippen LogP contribution is 2.30. The number of hydrogen-bond acceptors (Lipinski definition) is 5. The molecule has 0 aliphatic rings. The highest BCUT2D eigenvalue weighted by Gasteiger charge is 2.17. The van der Waals surface area contributed by atoms with Crippen molar-refractivity contribution in [3.63, 3.8) is 0 Å². The standard InChI is InChI=1S/C18H13Cl3N4O3/c1-10(26)28-18-23-17(11-2-7-14(20)15(21)8-11)25(24-18)13-5-3-12(4-6-13)22-16(27)9-19/h2-8H,9H2,1H3,(H,22,27). The van der Waals surface area contributed by atoms with Crippen LogP contribution in [0.15, 0.2) is 42.5 Å². The summed E-state index contributed by atoms with van der Waals surface area (Å²) in [5.74, 6) is -0.606. The highest BCUT2D eigenvalue weighted by molar-refractivity contribution is 6.42. The van der Waals surface area contributed by atoms with E-state index in [0.717, 1.165) is 0 Å². The van der Waals surface area contributed by atoms with Gasteiger partial charge in [0, 0.05) is 18.2 Å². The van der Waals surface area contributed by atoms with Crippen LogP contribution in [-0.2, 0) is 9.59 Å². The van der Waals surface area contributed by atoms with Gasteiger partial charge in [0.25, 0.3) is 0 Å². The predicted octanol–water partition coefficient (Wildman–Crippen LogP) is 4.34. The summed E-state index contributed by atoms with van der Waals surface area (Å²) in [6, 6.07) is 11.7. The van der Waals surface area contributed by atoms with Gasteiger partial charge in [-0.05, 0) is 42.5 Å². The Morgan fingerprint density at radius 1 is 1.11 bits per heavy atom. The zero-order valence-electron chi connectivity index (χ0n) is 14.4. The molecule has 7 nitrogen and oxygen atoms in total. The van der Waals surface area contributed by atoms with Crippen LogP contribution in [0.1, 0.15) is 6.92 Å². The first-order valence-corrected chi connectivity index (χ1v) is 9.23. The van der Waals surface area contributed by atoms with Crippen molar-refractivity contribution in [3.8, 4) is 23.1 Å². The Morgan fingerprint density at radius 2 is 1.82 bits per heavy atom. The molecule has 2 aromatic carbocycles. The lowest BCUT2D eigenvalue weighted by Gasteiger charge is -2.08. The molecule has 1 amide bonds. The van der Waals surface area contributed by atoms with Gasteiger partial charge in [-0.2, -0.15) is 4.98 Å². The molecule has 144 valence electrons. The number of anilines is 1. The minimum atomic E-state index is -0.544. The van der Waals surface area contributed by atoms with Gasteiger partial charge in [0.2, 0.25) is 5.91 Å². The molecule has 0 radical (unpaired) electrons. The van der Waals surface area contributed by atoms with Crippen molar-refractivity contribution in [1.29, 1.82) is 0 Å². The van der Waals surface area contributed by atoms with E-state index in [0.29, 0.717) is 32.8 Å². The summed E-state index contributed by atoms with van der Waals surface area (Å²) < 4.78 is 6.50. The van der Waals surface area contributed by atoms with E-state index < -0.39 is 5.97 Å². The van der Waals surface area contributed by atoms with Crippen molar-refractivity contribution in [1.82, 2.24) is 14.8 Å². The molecule has 0 spiro atoms. The molecule has 1 heterocycles. The summed E-state index contributed by atoms with van der Waals surface area (Å²) in [5, 5.41) is 7.63. The summed E-state index contributed by atoms with van der Waals surface area (Å²) in [4.78, 5) is 27.0. The number of carbonyl (C=O) groups excluding carboxylic acids is 2. The van der Waals surface area contributed by atoms with Crippen molar-refractivity contribution in [2.75, 3.05) is 11.2 Å². The van der Waals surface area contributed by atoms with E-state index in [4.69, 9.17) is 39.5 Å². The molecule has 0 fully saturated rings. The number of esters is 1. The second-order valence-corrected chi connectivity index (χ2v) is 6.66. The SMILES string of the molecule is CC(=O)Oc1nc(-c2ccc(Cl)c(Cl)c2)n(-c2ccc(NC(=O)CCl)cc2)n1. The number of aromatic nitrogens is 3. The van der Waals surface area contributed by atoms with Crippen LogP contribution < -0.4 is 10.1 Å². The first-order valence-electron chi connectivity index (χ1n) is 7.94. The molecule has 0 aliphatic carbocycles. The van der Waals surface area contributed by atoms with Gasteiger partial charge in [-0.25, -0.2) is 4.68 Å². The molecule has 0 bridgehead atoms. The van der Waals surface area contributed by atoms with Gasteiger partial charge in [0.15, 0.2) is 5.82 Å². The van der Waals surface area contributed by atoms with Gasteiger partial charge >= 0.3 is 12.0 Å². The lowest BCUT2D eigenvalue weighted by Crippen LogP contribution is -2.12. The molecule has 0 atom stereocenters. The van der Waals surface area contributed by atoms with Gasteiger partial charge in [-0.15, -0.1) is 16.7 Å². The van der Waals surface area contributed by atoms with E-state index in [9.17, 15) is 9.59 Å². The van der Waals surface area contributed by atoms with Crippen LogP contribution in [0.5, 0.6) is 6.01 Å². The maximum Gasteiger partial charge on any atom is 0.344 e. The minimum Gasteiger partial charge on any atom is -0.390 e. The number of halogens is 3. The Labute approximate surface area is 175 Å². The van der Waals surface area contributed by atoms with Gasteiger partial charge < -0.3 is 10.1 Å². The third-order valence-corrected chi connectivity index (χ3v) is 4.50. The van der Waals surface area contributed by atoms with E-state index in [-0.39, 0.29) is 17.8 Å². The second kappa shape index (κ2) is 8.60. The van der Waals surface area contributed by atoms with E-state index in [1.165, 1.54) is 11.6 Å². The van der Waals surface area contributed by atoms with Crippen LogP contribution in [-0.4, -0.2) is 32.5 Å². The fraction of sp³-hybridized carbons (Fsp3) is 0.111. The van der Waals surface area contributed by atoms with Gasteiger partial charge in [-0.3, -0.25) is 9.59 Å². The van der Waals surface area contributed by atoms with Gasteiger partial charge in [0.1, 0.15) is 5.88 Å². The number of rotatable bonds is 5. The third kappa shape index (κ3) is 4.62. The maximum absolute atomic E-state index is 11.4. The number of ether oxygens (including phenoxy) is 1. The molecular formula is C18H13Cl3N4O3. The molecule has 3 aromatic rings. The molecule has 0 unspecified atom stereocenters. The monoisotopic (exact) mass is 438 g/mol. The van der Waals surface area contributed by atoms with Crippen LogP contribution in [0, 0.1) is 0 Å². The Morgan fingerprint density at radius 3 is 2.43 bits per heavy atom. The van der Waals surface area contributed by atoms with Crippen molar-refractivity contribution in [2.24, 2.45) is 0 Å². The summed E-state index contributed by atoms with van der Waals surface area (Å²) in [6.45, 7) is 1.26. The van der Waals surface area contributed by atoms with Crippen LogP contribution in [0.25, 0.3) is 17.1 Å². The maximum atomic E-state index is 11.4. The quantitative estimate of drug-likeness (QED) is 0.472. The minimum absolute atomic E-state index is 0.104. The Hall–Kier alpha value is -2.61. The average molecular weight is 440 g/mol. The molecule has 0 saturated carbocycles. The summed E-state index contributed by atoms with van der Waals surface area (Å²) >= 11 is 17.6. The molecule has 0 saturated heterocycles. The molecule has 10 heteroatoms. The largest absolute Gasteiger partial charge is 0.390 e. The number of alkyl halides is 1. The van der Waals surface area contributed by atoms with Crippen LogP contribution in [0.4, 0.5) is 5.69 Å². The fourth-order valence-corrected chi connectivity index (χ4v) is 2.71. The zero-order chi connectivity index (χ0) is 20.3. The summed E-state index contributed by atoms with van der Waals surface area (Å²) in [5.41, 5.74) is 1.82. The number of nitrogens with one attached hydrogen (secondary N) is 1. The molecular weight excluding hydrogens is 427 g/mol. The normalized spacial score (nSPS) is 10.6. The topological polar surface area (TPSA) is 86.1 Å². The summed E-state index contributed by atoms with van der Waals surface area (Å²) in [6.07, 6.45) is 0. The van der Waals surface area contributed by atoms with Crippen molar-refractivity contribution >= 4 is 52.4 Å². The Kier molecular flexibility index (Phi) is 6.18. The van der Waals surface area contributed by atoms with Crippen molar-refractivity contribution in [3.05, 3.63) is 52.5 Å². The number of nitrogens with zero attached hydrogens (tertiary/aromatic N) is 3. The fourth-order valence-electron chi connectivity index (χ4n) is 2.35. The zero-order valence-corrected chi connectivity index (χ0v) is 16.7. The predicted molar refractivity (Wildman–Crippen MR) is 107 cm³/mol. The molecule has 28 heavy (non-hydrogen) atoms. The number of benzene rings is 2. The van der Waals surface area contributed by atoms with Gasteiger partial charge in [0.05, 0.1) is 15.7 Å². The number of carbonyl (C=O) groups is 2. The first-order chi connectivity index (χ1) is 13.4.